The molecule has 8 nitrogen and oxygen atoms in total. The van der Waals surface area contributed by atoms with Gasteiger partial charge in [-0.1, -0.05) is 23.9 Å². The number of carbonyl (C=O) groups is 2. The van der Waals surface area contributed by atoms with Crippen molar-refractivity contribution in [1.29, 1.82) is 0 Å². The summed E-state index contributed by atoms with van der Waals surface area (Å²) in [5.41, 5.74) is 11.6. The minimum Gasteiger partial charge on any atom is -0.370 e. The van der Waals surface area contributed by atoms with Crippen LogP contribution in [0.5, 0.6) is 0 Å². The van der Waals surface area contributed by atoms with Crippen LogP contribution in [-0.4, -0.2) is 80.0 Å². The number of halogens is 3. The van der Waals surface area contributed by atoms with Crippen LogP contribution < -0.4 is 21.7 Å². The van der Waals surface area contributed by atoms with Crippen molar-refractivity contribution in [3.8, 4) is 0 Å². The van der Waals surface area contributed by atoms with E-state index in [2.05, 4.69) is 15.1 Å². The smallest absolute Gasteiger partial charge is 0.370 e. The zero-order valence-electron chi connectivity index (χ0n) is 21.0. The van der Waals surface area contributed by atoms with E-state index >= 15 is 0 Å². The molecule has 0 unspecified atom stereocenters. The lowest BCUT2D eigenvalue weighted by Gasteiger charge is -2.36. The molecule has 2 aromatic carbocycles. The van der Waals surface area contributed by atoms with Crippen molar-refractivity contribution in [2.45, 2.75) is 34.9 Å². The number of benzene rings is 2. The molecule has 38 heavy (non-hydrogen) atoms. The van der Waals surface area contributed by atoms with E-state index in [4.69, 9.17) is 11.5 Å². The van der Waals surface area contributed by atoms with E-state index < -0.39 is 23.7 Å². The Morgan fingerprint density at radius 1 is 0.947 bits per heavy atom. The molecule has 2 aliphatic heterocycles. The zero-order valence-corrected chi connectivity index (χ0v) is 21.9. The molecule has 1 atom stereocenters. The lowest BCUT2D eigenvalue weighted by atomic mass is 10.1. The fraction of sp³-hybridized carbons (Fsp3) is 0.462. The first kappa shape index (κ1) is 28.2. The molecular formula is C26H33F3N6O2S. The summed E-state index contributed by atoms with van der Waals surface area (Å²) in [4.78, 5) is 31.3. The molecule has 1 fully saturated rings. The fourth-order valence-electron chi connectivity index (χ4n) is 4.71. The number of rotatable bonds is 10. The number of anilines is 2. The number of primary amides is 1. The van der Waals surface area contributed by atoms with Gasteiger partial charge in [0.25, 0.3) is 0 Å². The predicted octanol–water partition coefficient (Wildman–Crippen LogP) is 2.63. The maximum Gasteiger partial charge on any atom is 0.416 e. The largest absolute Gasteiger partial charge is 0.416 e. The van der Waals surface area contributed by atoms with Gasteiger partial charge in [-0.15, -0.1) is 0 Å². The molecule has 2 aliphatic rings. The summed E-state index contributed by atoms with van der Waals surface area (Å²) in [5, 5.41) is 2.74. The molecule has 5 N–H and O–H groups in total. The van der Waals surface area contributed by atoms with Gasteiger partial charge >= 0.3 is 6.18 Å². The molecule has 0 aromatic heterocycles. The van der Waals surface area contributed by atoms with Crippen molar-refractivity contribution in [3.63, 3.8) is 0 Å². The predicted molar refractivity (Wildman–Crippen MR) is 141 cm³/mol. The molecule has 0 bridgehead atoms. The van der Waals surface area contributed by atoms with Crippen LogP contribution in [0.4, 0.5) is 24.5 Å². The summed E-state index contributed by atoms with van der Waals surface area (Å²) < 4.78 is 40.3. The van der Waals surface area contributed by atoms with Gasteiger partial charge < -0.3 is 26.6 Å². The standard InChI is InChI=1S/C26H33F3N6O2S/c27-26(28,29)18-6-7-23-21(16-18)35(20-4-1-2-5-22(20)38-23)10-3-9-33-12-14-34(15-13-33)11-8-32-25(37)19(30)17-24(31)36/h1-2,4-7,16,19H,3,8-15,17,30H2,(H2,31,36)(H,32,37)/t19-/m0/s1. The van der Waals surface area contributed by atoms with E-state index in [1.165, 1.54) is 17.8 Å². The third-order valence-corrected chi connectivity index (χ3v) is 7.89. The number of nitrogens with one attached hydrogen (secondary N) is 1. The number of para-hydroxylation sites is 1. The van der Waals surface area contributed by atoms with Gasteiger partial charge in [-0.05, 0) is 43.3 Å². The summed E-state index contributed by atoms with van der Waals surface area (Å²) >= 11 is 1.50. The maximum absolute atomic E-state index is 13.4. The van der Waals surface area contributed by atoms with Crippen LogP contribution in [0.2, 0.25) is 0 Å². The van der Waals surface area contributed by atoms with Crippen molar-refractivity contribution >= 4 is 35.0 Å². The Morgan fingerprint density at radius 3 is 2.29 bits per heavy atom. The van der Waals surface area contributed by atoms with Crippen molar-refractivity contribution in [1.82, 2.24) is 15.1 Å². The summed E-state index contributed by atoms with van der Waals surface area (Å²) in [5.74, 6) is -0.994. The van der Waals surface area contributed by atoms with Gasteiger partial charge in [-0.25, -0.2) is 0 Å². The highest BCUT2D eigenvalue weighted by Crippen LogP contribution is 2.49. The topological polar surface area (TPSA) is 108 Å². The number of amides is 2. The summed E-state index contributed by atoms with van der Waals surface area (Å²) in [6.07, 6.45) is -3.76. The average Bonchev–Trinajstić information content (AvgIpc) is 2.88. The van der Waals surface area contributed by atoms with Gasteiger partial charge in [0.15, 0.2) is 0 Å². The molecule has 2 aromatic rings. The van der Waals surface area contributed by atoms with E-state index in [1.807, 2.05) is 29.2 Å². The van der Waals surface area contributed by atoms with E-state index in [9.17, 15) is 22.8 Å². The minimum absolute atomic E-state index is 0.179. The Kier molecular flexibility index (Phi) is 9.19. The number of hydrogen-bond acceptors (Lipinski definition) is 7. The number of nitrogens with zero attached hydrogens (tertiary/aromatic N) is 3. The van der Waals surface area contributed by atoms with Crippen LogP contribution in [0.25, 0.3) is 0 Å². The first-order chi connectivity index (χ1) is 18.1. The third kappa shape index (κ3) is 7.19. The SMILES string of the molecule is NC(=O)C[C@H](N)C(=O)NCCN1CCN(CCCN2c3ccccc3Sc3ccc(C(F)(F)F)cc32)CC1. The number of piperazine rings is 1. The Balaban J connectivity index is 1.26. The van der Waals surface area contributed by atoms with Crippen LogP contribution in [0.1, 0.15) is 18.4 Å². The molecule has 0 aliphatic carbocycles. The second-order valence-electron chi connectivity index (χ2n) is 9.51. The molecule has 0 saturated carbocycles. The first-order valence-corrected chi connectivity index (χ1v) is 13.5. The van der Waals surface area contributed by atoms with Crippen molar-refractivity contribution < 1.29 is 22.8 Å². The fourth-order valence-corrected chi connectivity index (χ4v) is 5.79. The Morgan fingerprint density at radius 2 is 1.61 bits per heavy atom. The van der Waals surface area contributed by atoms with Crippen molar-refractivity contribution in [3.05, 3.63) is 48.0 Å². The highest BCUT2D eigenvalue weighted by atomic mass is 32.2. The van der Waals surface area contributed by atoms with Gasteiger partial charge in [0.2, 0.25) is 11.8 Å². The Hall–Kier alpha value is -2.80. The average molecular weight is 551 g/mol. The van der Waals surface area contributed by atoms with E-state index in [0.717, 1.165) is 60.7 Å². The third-order valence-electron chi connectivity index (χ3n) is 6.76. The number of alkyl halides is 3. The van der Waals surface area contributed by atoms with Gasteiger partial charge in [0, 0.05) is 55.6 Å². The second kappa shape index (κ2) is 12.4. The van der Waals surface area contributed by atoms with Gasteiger partial charge in [0.1, 0.15) is 0 Å². The van der Waals surface area contributed by atoms with E-state index in [-0.39, 0.29) is 12.3 Å². The zero-order chi connectivity index (χ0) is 27.3. The van der Waals surface area contributed by atoms with E-state index in [0.29, 0.717) is 25.3 Å². The van der Waals surface area contributed by atoms with Crippen molar-refractivity contribution in [2.24, 2.45) is 11.5 Å². The number of fused-ring (bicyclic) bond motifs is 2. The van der Waals surface area contributed by atoms with Gasteiger partial charge in [0.05, 0.1) is 29.4 Å². The monoisotopic (exact) mass is 550 g/mol. The molecule has 4 rings (SSSR count). The number of nitrogens with two attached hydrogens (primary N) is 2. The Bertz CT molecular complexity index is 1140. The molecule has 0 spiro atoms. The second-order valence-corrected chi connectivity index (χ2v) is 10.6. The summed E-state index contributed by atoms with van der Waals surface area (Å²) in [7, 11) is 0. The number of hydrogen-bond donors (Lipinski definition) is 3. The number of carbonyl (C=O) groups excluding carboxylic acids is 2. The molecular weight excluding hydrogens is 517 g/mol. The quantitative estimate of drug-likeness (QED) is 0.418. The Labute approximate surface area is 224 Å². The van der Waals surface area contributed by atoms with Crippen LogP contribution >= 0.6 is 11.8 Å². The van der Waals surface area contributed by atoms with Crippen LogP contribution in [0.15, 0.2) is 52.3 Å². The molecule has 206 valence electrons. The van der Waals surface area contributed by atoms with Gasteiger partial charge in [-0.2, -0.15) is 13.2 Å². The summed E-state index contributed by atoms with van der Waals surface area (Å²) in [6, 6.07) is 10.9. The van der Waals surface area contributed by atoms with Crippen LogP contribution in [0.3, 0.4) is 0 Å². The lowest BCUT2D eigenvalue weighted by Crippen LogP contribution is -2.50. The van der Waals surface area contributed by atoms with Crippen molar-refractivity contribution in [2.75, 3.05) is 57.3 Å². The summed E-state index contributed by atoms with van der Waals surface area (Å²) in [6.45, 7) is 6.03. The molecule has 1 saturated heterocycles. The molecule has 0 radical (unpaired) electrons. The maximum atomic E-state index is 13.4. The molecule has 2 amide bonds. The first-order valence-electron chi connectivity index (χ1n) is 12.6. The van der Waals surface area contributed by atoms with Gasteiger partial charge in [-0.3, -0.25) is 14.5 Å². The van der Waals surface area contributed by atoms with Crippen LogP contribution in [0, 0.1) is 0 Å². The highest BCUT2D eigenvalue weighted by Gasteiger charge is 2.33. The minimum atomic E-state index is -4.39. The normalized spacial score (nSPS) is 17.0. The molecule has 12 heteroatoms. The lowest BCUT2D eigenvalue weighted by molar-refractivity contribution is -0.137. The van der Waals surface area contributed by atoms with Crippen LogP contribution in [-0.2, 0) is 15.8 Å². The van der Waals surface area contributed by atoms with E-state index in [1.54, 1.807) is 6.07 Å². The molecule has 2 heterocycles. The highest BCUT2D eigenvalue weighted by molar-refractivity contribution is 7.99.